The predicted molar refractivity (Wildman–Crippen MR) is 100 cm³/mol. The maximum Gasteiger partial charge on any atom is 0.373 e. The molecule has 27 heavy (non-hydrogen) atoms. The smallest absolute Gasteiger partial charge is 0.373 e. The molecule has 0 bridgehead atoms. The number of hydrogen-bond donors (Lipinski definition) is 2. The average molecular weight is 385 g/mol. The second kappa shape index (κ2) is 8.62. The number of imidazole rings is 1. The van der Waals surface area contributed by atoms with Crippen molar-refractivity contribution in [1.82, 2.24) is 14.7 Å². The van der Waals surface area contributed by atoms with E-state index in [9.17, 15) is 9.90 Å². The van der Waals surface area contributed by atoms with E-state index in [2.05, 4.69) is 16.4 Å². The molecule has 1 aliphatic rings. The van der Waals surface area contributed by atoms with E-state index in [-0.39, 0.29) is 17.8 Å². The number of aromatic hydroxyl groups is 1. The molecular weight excluding hydrogens is 366 g/mol. The number of phenolic OH excluding ortho intramolecular Hbond substituents is 1. The molecule has 0 saturated carbocycles. The van der Waals surface area contributed by atoms with Crippen molar-refractivity contribution < 1.29 is 19.5 Å². The van der Waals surface area contributed by atoms with Crippen molar-refractivity contribution in [2.45, 2.75) is 38.5 Å². The third kappa shape index (κ3) is 4.61. The number of carbonyl (C=O) groups is 1. The fraction of sp³-hybridized carbons (Fsp3) is 0.316. The van der Waals surface area contributed by atoms with Gasteiger partial charge in [0.1, 0.15) is 5.75 Å². The largest absolute Gasteiger partial charge is 0.508 e. The number of allylic oxidation sites excluding steroid dienone is 2. The third-order valence-corrected chi connectivity index (χ3v) is 5.34. The van der Waals surface area contributed by atoms with Crippen LogP contribution < -0.4 is 5.32 Å². The summed E-state index contributed by atoms with van der Waals surface area (Å²) in [6.07, 6.45) is 9.87. The molecule has 0 fully saturated rings. The summed E-state index contributed by atoms with van der Waals surface area (Å²) in [4.78, 5) is 33.8. The molecule has 1 aliphatic carbocycles. The summed E-state index contributed by atoms with van der Waals surface area (Å²) in [7, 11) is 0. The Balaban J connectivity index is 0.000000659. The number of nitrogens with zero attached hydrogens (tertiary/aromatic N) is 2. The van der Waals surface area contributed by atoms with Crippen molar-refractivity contribution in [2.75, 3.05) is 0 Å². The van der Waals surface area contributed by atoms with Gasteiger partial charge < -0.3 is 10.4 Å². The lowest BCUT2D eigenvalue weighted by atomic mass is 10.0. The second-order valence-corrected chi connectivity index (χ2v) is 7.25. The minimum Gasteiger partial charge on any atom is -0.508 e. The Bertz CT molecular complexity index is 1030. The first-order valence-electron chi connectivity index (χ1n) is 8.68. The van der Waals surface area contributed by atoms with Gasteiger partial charge in [0.05, 0.1) is 15.9 Å². The van der Waals surface area contributed by atoms with Gasteiger partial charge >= 0.3 is 6.15 Å². The van der Waals surface area contributed by atoms with Gasteiger partial charge in [0.15, 0.2) is 4.96 Å². The summed E-state index contributed by atoms with van der Waals surface area (Å²) in [5.74, 6) is 0.329. The number of rotatable bonds is 4. The molecule has 140 valence electrons. The number of benzene rings is 1. The molecule has 2 aromatic heterocycles. The van der Waals surface area contributed by atoms with Gasteiger partial charge in [-0.15, -0.1) is 0 Å². The number of aromatic nitrogens is 2. The highest BCUT2D eigenvalue weighted by molar-refractivity contribution is 7.23. The zero-order valence-corrected chi connectivity index (χ0v) is 15.4. The lowest BCUT2D eigenvalue weighted by molar-refractivity contribution is -0.191. The summed E-state index contributed by atoms with van der Waals surface area (Å²) in [6.45, 7) is 0. The highest BCUT2D eigenvalue weighted by Gasteiger charge is 2.12. The first kappa shape index (κ1) is 18.8. The van der Waals surface area contributed by atoms with Crippen LogP contribution in [0.5, 0.6) is 5.75 Å². The predicted octanol–water partition coefficient (Wildman–Crippen LogP) is 3.18. The lowest BCUT2D eigenvalue weighted by Gasteiger charge is -2.13. The Labute approximate surface area is 159 Å². The van der Waals surface area contributed by atoms with E-state index in [1.54, 1.807) is 23.5 Å². The molecule has 1 aromatic carbocycles. The van der Waals surface area contributed by atoms with E-state index in [0.29, 0.717) is 12.8 Å². The quantitative estimate of drug-likeness (QED) is 0.718. The number of nitrogens with one attached hydrogen (secondary N) is 1. The number of thiazole rings is 1. The molecule has 0 saturated heterocycles. The van der Waals surface area contributed by atoms with Crippen LogP contribution in [0.2, 0.25) is 0 Å². The summed E-state index contributed by atoms with van der Waals surface area (Å²) in [5.41, 5.74) is 3.02. The van der Waals surface area contributed by atoms with E-state index < -0.39 is 0 Å². The first-order chi connectivity index (χ1) is 13.1. The zero-order chi connectivity index (χ0) is 19.2. The topological polar surface area (TPSA) is 101 Å². The summed E-state index contributed by atoms with van der Waals surface area (Å²) in [6, 6.07) is 5.32. The van der Waals surface area contributed by atoms with Gasteiger partial charge in [-0.05, 0) is 43.9 Å². The molecule has 0 unspecified atom stereocenters. The van der Waals surface area contributed by atoms with Crippen LogP contribution in [0.3, 0.4) is 0 Å². The highest BCUT2D eigenvalue weighted by atomic mass is 32.1. The third-order valence-electron chi connectivity index (χ3n) is 4.33. The number of carbonyl (C=O) groups excluding carboxylic acids is 3. The molecule has 2 N–H and O–H groups in total. The van der Waals surface area contributed by atoms with Crippen LogP contribution in [-0.2, 0) is 20.8 Å². The summed E-state index contributed by atoms with van der Waals surface area (Å²) < 4.78 is 3.03. The lowest BCUT2D eigenvalue weighted by Crippen LogP contribution is -2.24. The number of fused-ring (bicyclic) bond motifs is 3. The highest BCUT2D eigenvalue weighted by Crippen LogP contribution is 2.29. The monoisotopic (exact) mass is 385 g/mol. The Kier molecular flexibility index (Phi) is 6.01. The van der Waals surface area contributed by atoms with Crippen LogP contribution in [0.4, 0.5) is 0 Å². The molecule has 0 radical (unpaired) electrons. The average Bonchev–Trinajstić information content (AvgIpc) is 3.18. The fourth-order valence-corrected chi connectivity index (χ4v) is 4.15. The summed E-state index contributed by atoms with van der Waals surface area (Å²) >= 11 is 1.54. The van der Waals surface area contributed by atoms with Crippen LogP contribution in [0, 0.1) is 0 Å². The van der Waals surface area contributed by atoms with Gasteiger partial charge in [-0.25, -0.2) is 4.98 Å². The molecule has 8 heteroatoms. The Morgan fingerprint density at radius 1 is 1.33 bits per heavy atom. The molecule has 0 atom stereocenters. The Morgan fingerprint density at radius 2 is 2.15 bits per heavy atom. The number of phenols is 1. The van der Waals surface area contributed by atoms with Crippen molar-refractivity contribution in [3.63, 3.8) is 0 Å². The van der Waals surface area contributed by atoms with Gasteiger partial charge in [0.2, 0.25) is 5.91 Å². The van der Waals surface area contributed by atoms with E-state index in [1.165, 1.54) is 6.42 Å². The van der Waals surface area contributed by atoms with Gasteiger partial charge in [0, 0.05) is 24.7 Å². The van der Waals surface area contributed by atoms with Gasteiger partial charge in [-0.3, -0.25) is 9.20 Å². The normalized spacial score (nSPS) is 13.6. The standard InChI is InChI=1S/C18H19N3O2S.CO2/c22-14-7-8-15-16(10-14)24-18-20-13(11-21(15)18)6-9-17(23)19-12-4-2-1-3-5-12;2-1-3/h4,7-8,10-11,22H,1-3,5-6,9H2,(H,19,23);. The molecule has 0 spiro atoms. The van der Waals surface area contributed by atoms with Crippen molar-refractivity contribution in [1.29, 1.82) is 0 Å². The first-order valence-corrected chi connectivity index (χ1v) is 9.50. The van der Waals surface area contributed by atoms with Crippen molar-refractivity contribution >= 4 is 38.6 Å². The zero-order valence-electron chi connectivity index (χ0n) is 14.6. The molecule has 1 amide bonds. The maximum atomic E-state index is 12.1. The van der Waals surface area contributed by atoms with Gasteiger partial charge in [-0.1, -0.05) is 17.4 Å². The maximum absolute atomic E-state index is 12.1. The van der Waals surface area contributed by atoms with E-state index in [0.717, 1.165) is 45.8 Å². The van der Waals surface area contributed by atoms with Crippen molar-refractivity contribution in [3.05, 3.63) is 41.9 Å². The van der Waals surface area contributed by atoms with Crippen molar-refractivity contribution in [2.24, 2.45) is 0 Å². The minimum absolute atomic E-state index is 0.0642. The van der Waals surface area contributed by atoms with Crippen LogP contribution in [0.25, 0.3) is 15.2 Å². The van der Waals surface area contributed by atoms with Crippen LogP contribution in [-0.4, -0.2) is 26.5 Å². The minimum atomic E-state index is 0.0642. The van der Waals surface area contributed by atoms with Gasteiger partial charge in [0.25, 0.3) is 0 Å². The number of aryl methyl sites for hydroxylation is 1. The van der Waals surface area contributed by atoms with Crippen molar-refractivity contribution in [3.8, 4) is 5.75 Å². The van der Waals surface area contributed by atoms with E-state index >= 15 is 0 Å². The van der Waals surface area contributed by atoms with E-state index in [1.807, 2.05) is 16.7 Å². The molecule has 4 rings (SSSR count). The number of hydrogen-bond acceptors (Lipinski definition) is 6. The fourth-order valence-electron chi connectivity index (χ4n) is 3.09. The van der Waals surface area contributed by atoms with E-state index in [4.69, 9.17) is 9.59 Å². The van der Waals surface area contributed by atoms with Gasteiger partial charge in [-0.2, -0.15) is 9.59 Å². The molecule has 3 aromatic rings. The van der Waals surface area contributed by atoms with Crippen LogP contribution in [0.1, 0.15) is 37.8 Å². The molecule has 0 aliphatic heterocycles. The Morgan fingerprint density at radius 3 is 2.89 bits per heavy atom. The molecular formula is C19H19N3O4S. The molecule has 7 nitrogen and oxygen atoms in total. The summed E-state index contributed by atoms with van der Waals surface area (Å²) in [5, 5.41) is 12.6. The van der Waals surface area contributed by atoms with Crippen LogP contribution in [0.15, 0.2) is 36.2 Å². The Hall–Kier alpha value is -2.96. The SMILES string of the molecule is O=C(CCc1cn2c(n1)sc1cc(O)ccc12)NC1=CCCCC1.O=C=O. The van der Waals surface area contributed by atoms with Crippen LogP contribution >= 0.6 is 11.3 Å². The number of amides is 1. The second-order valence-electron chi connectivity index (χ2n) is 6.25. The molecule has 2 heterocycles.